The van der Waals surface area contributed by atoms with E-state index in [1.807, 2.05) is 12.1 Å². The fourth-order valence-electron chi connectivity index (χ4n) is 1.95. The molecule has 0 aromatic heterocycles. The van der Waals surface area contributed by atoms with E-state index in [1.54, 1.807) is 6.07 Å². The molecule has 2 N–H and O–H groups in total. The fraction of sp³-hybridized carbons (Fsp3) is 0.500. The van der Waals surface area contributed by atoms with Crippen molar-refractivity contribution < 1.29 is 4.39 Å². The van der Waals surface area contributed by atoms with E-state index >= 15 is 0 Å². The van der Waals surface area contributed by atoms with Gasteiger partial charge in [0.2, 0.25) is 0 Å². The van der Waals surface area contributed by atoms with Crippen LogP contribution in [0.5, 0.6) is 0 Å². The van der Waals surface area contributed by atoms with Gasteiger partial charge in [0.25, 0.3) is 0 Å². The predicted molar refractivity (Wildman–Crippen MR) is 66.4 cm³/mol. The molecule has 1 fully saturated rings. The Bertz CT molecular complexity index is 314. The molecule has 1 aliphatic rings. The molecule has 1 aromatic carbocycles. The summed E-state index contributed by atoms with van der Waals surface area (Å²) in [6, 6.07) is 7.48. The lowest BCUT2D eigenvalue weighted by Gasteiger charge is -2.11. The lowest BCUT2D eigenvalue weighted by Crippen LogP contribution is -2.33. The van der Waals surface area contributed by atoms with Crippen LogP contribution in [0.15, 0.2) is 24.3 Å². The average Bonchev–Trinajstić information content (AvgIpc) is 2.74. The summed E-state index contributed by atoms with van der Waals surface area (Å²) in [7, 11) is 0. The van der Waals surface area contributed by atoms with E-state index in [0.717, 1.165) is 18.7 Å². The third-order valence-corrected chi connectivity index (χ3v) is 2.83. The molecule has 2 rings (SSSR count). The van der Waals surface area contributed by atoms with Crippen LogP contribution in [0.2, 0.25) is 0 Å². The summed E-state index contributed by atoms with van der Waals surface area (Å²) in [5, 5.41) is 6.68. The Morgan fingerprint density at radius 2 is 2.19 bits per heavy atom. The largest absolute Gasteiger partial charge is 0.313 e. The van der Waals surface area contributed by atoms with Crippen molar-refractivity contribution in [3.63, 3.8) is 0 Å². The summed E-state index contributed by atoms with van der Waals surface area (Å²) in [6.45, 7) is 2.66. The van der Waals surface area contributed by atoms with Gasteiger partial charge in [-0.3, -0.25) is 0 Å². The minimum atomic E-state index is -0.121. The molecule has 1 aliphatic heterocycles. The standard InChI is InChI=1S/C12H17FN2.ClH/c13-12-6-2-1-4-10(12)8-14-9-11-5-3-7-15-11;/h1-2,4,6,11,14-15H,3,5,7-9H2;1H. The van der Waals surface area contributed by atoms with E-state index < -0.39 is 0 Å². The minimum absolute atomic E-state index is 0. The normalized spacial score (nSPS) is 19.4. The molecule has 1 atom stereocenters. The van der Waals surface area contributed by atoms with Gasteiger partial charge in [-0.15, -0.1) is 12.4 Å². The van der Waals surface area contributed by atoms with Crippen LogP contribution in [0.1, 0.15) is 18.4 Å². The molecule has 90 valence electrons. The second-order valence-electron chi connectivity index (χ2n) is 4.02. The molecule has 0 amide bonds. The summed E-state index contributed by atoms with van der Waals surface area (Å²) in [4.78, 5) is 0. The number of hydrogen-bond acceptors (Lipinski definition) is 2. The smallest absolute Gasteiger partial charge is 0.127 e. The molecule has 0 saturated carbocycles. The Morgan fingerprint density at radius 3 is 2.88 bits per heavy atom. The van der Waals surface area contributed by atoms with Crippen molar-refractivity contribution in [1.82, 2.24) is 10.6 Å². The zero-order chi connectivity index (χ0) is 10.5. The molecule has 1 saturated heterocycles. The van der Waals surface area contributed by atoms with Gasteiger partial charge in [-0.1, -0.05) is 18.2 Å². The van der Waals surface area contributed by atoms with Crippen LogP contribution >= 0.6 is 12.4 Å². The van der Waals surface area contributed by atoms with Crippen LogP contribution in [0.25, 0.3) is 0 Å². The molecule has 2 nitrogen and oxygen atoms in total. The van der Waals surface area contributed by atoms with Gasteiger partial charge < -0.3 is 10.6 Å². The SMILES string of the molecule is Cl.Fc1ccccc1CNCC1CCCN1. The molecule has 1 unspecified atom stereocenters. The van der Waals surface area contributed by atoms with Gasteiger partial charge in [-0.2, -0.15) is 0 Å². The van der Waals surface area contributed by atoms with Crippen molar-refractivity contribution in [2.24, 2.45) is 0 Å². The molecule has 0 bridgehead atoms. The number of hydrogen-bond donors (Lipinski definition) is 2. The Morgan fingerprint density at radius 1 is 1.38 bits per heavy atom. The van der Waals surface area contributed by atoms with Gasteiger partial charge in [-0.25, -0.2) is 4.39 Å². The number of nitrogens with one attached hydrogen (secondary N) is 2. The summed E-state index contributed by atoms with van der Waals surface area (Å²) in [6.07, 6.45) is 2.48. The van der Waals surface area contributed by atoms with Gasteiger partial charge in [0.05, 0.1) is 0 Å². The highest BCUT2D eigenvalue weighted by Gasteiger charge is 2.12. The van der Waals surface area contributed by atoms with Crippen LogP contribution < -0.4 is 10.6 Å². The monoisotopic (exact) mass is 244 g/mol. The van der Waals surface area contributed by atoms with E-state index in [9.17, 15) is 4.39 Å². The highest BCUT2D eigenvalue weighted by Crippen LogP contribution is 2.07. The number of rotatable bonds is 4. The third kappa shape index (κ3) is 3.74. The fourth-order valence-corrected chi connectivity index (χ4v) is 1.95. The molecular formula is C12H18ClFN2. The van der Waals surface area contributed by atoms with Gasteiger partial charge in [0.15, 0.2) is 0 Å². The highest BCUT2D eigenvalue weighted by atomic mass is 35.5. The molecule has 16 heavy (non-hydrogen) atoms. The van der Waals surface area contributed by atoms with E-state index in [0.29, 0.717) is 12.6 Å². The topological polar surface area (TPSA) is 24.1 Å². The summed E-state index contributed by atoms with van der Waals surface area (Å²) < 4.78 is 13.2. The summed E-state index contributed by atoms with van der Waals surface area (Å²) in [5.74, 6) is -0.121. The zero-order valence-electron chi connectivity index (χ0n) is 9.21. The maximum absolute atomic E-state index is 13.2. The van der Waals surface area contributed by atoms with Crippen LogP contribution in [0, 0.1) is 5.82 Å². The van der Waals surface area contributed by atoms with E-state index in [1.165, 1.54) is 18.9 Å². The van der Waals surface area contributed by atoms with Crippen LogP contribution in [-0.4, -0.2) is 19.1 Å². The van der Waals surface area contributed by atoms with Crippen molar-refractivity contribution in [3.05, 3.63) is 35.6 Å². The van der Waals surface area contributed by atoms with Gasteiger partial charge >= 0.3 is 0 Å². The lowest BCUT2D eigenvalue weighted by atomic mass is 10.2. The maximum Gasteiger partial charge on any atom is 0.127 e. The molecule has 1 heterocycles. The van der Waals surface area contributed by atoms with E-state index in [2.05, 4.69) is 10.6 Å². The number of benzene rings is 1. The van der Waals surface area contributed by atoms with Crippen LogP contribution in [-0.2, 0) is 6.54 Å². The second kappa shape index (κ2) is 6.84. The molecule has 0 aliphatic carbocycles. The molecule has 4 heteroatoms. The summed E-state index contributed by atoms with van der Waals surface area (Å²) in [5.41, 5.74) is 0.746. The summed E-state index contributed by atoms with van der Waals surface area (Å²) >= 11 is 0. The van der Waals surface area contributed by atoms with Gasteiger partial charge in [0.1, 0.15) is 5.82 Å². The Labute approximate surface area is 102 Å². The Kier molecular flexibility index (Phi) is 5.74. The van der Waals surface area contributed by atoms with Gasteiger partial charge in [-0.05, 0) is 25.5 Å². The predicted octanol–water partition coefficient (Wildman–Crippen LogP) is 2.09. The first-order chi connectivity index (χ1) is 7.36. The van der Waals surface area contributed by atoms with Crippen molar-refractivity contribution >= 4 is 12.4 Å². The second-order valence-corrected chi connectivity index (χ2v) is 4.02. The Hall–Kier alpha value is -0.640. The van der Waals surface area contributed by atoms with Crippen LogP contribution in [0.4, 0.5) is 4.39 Å². The first-order valence-electron chi connectivity index (χ1n) is 5.54. The van der Waals surface area contributed by atoms with Crippen molar-refractivity contribution in [1.29, 1.82) is 0 Å². The molecular weight excluding hydrogens is 227 g/mol. The highest BCUT2D eigenvalue weighted by molar-refractivity contribution is 5.85. The van der Waals surface area contributed by atoms with Crippen LogP contribution in [0.3, 0.4) is 0 Å². The minimum Gasteiger partial charge on any atom is -0.313 e. The quantitative estimate of drug-likeness (QED) is 0.848. The number of halogens is 2. The lowest BCUT2D eigenvalue weighted by molar-refractivity contribution is 0.524. The molecule has 0 radical (unpaired) electrons. The van der Waals surface area contributed by atoms with Crippen molar-refractivity contribution in [2.45, 2.75) is 25.4 Å². The zero-order valence-corrected chi connectivity index (χ0v) is 10.0. The van der Waals surface area contributed by atoms with Gasteiger partial charge in [0, 0.05) is 24.7 Å². The molecule has 0 spiro atoms. The first-order valence-corrected chi connectivity index (χ1v) is 5.54. The van der Waals surface area contributed by atoms with E-state index in [4.69, 9.17) is 0 Å². The first kappa shape index (κ1) is 13.4. The van der Waals surface area contributed by atoms with Crippen molar-refractivity contribution in [3.8, 4) is 0 Å². The molecule has 1 aromatic rings. The van der Waals surface area contributed by atoms with Crippen molar-refractivity contribution in [2.75, 3.05) is 13.1 Å². The average molecular weight is 245 g/mol. The third-order valence-electron chi connectivity index (χ3n) is 2.83. The van der Waals surface area contributed by atoms with E-state index in [-0.39, 0.29) is 18.2 Å². The Balaban J connectivity index is 0.00000128. The maximum atomic E-state index is 13.2.